The number of amides is 2. The van der Waals surface area contributed by atoms with Crippen molar-refractivity contribution in [3.05, 3.63) is 54.1 Å². The molecular formula is C20H24N2O3. The maximum Gasteiger partial charge on any atom is 0.265 e. The van der Waals surface area contributed by atoms with E-state index < -0.39 is 6.10 Å². The largest absolute Gasteiger partial charge is 0.481 e. The minimum atomic E-state index is -0.587. The van der Waals surface area contributed by atoms with Crippen LogP contribution in [0.1, 0.15) is 32.3 Å². The highest BCUT2D eigenvalue weighted by Crippen LogP contribution is 2.18. The van der Waals surface area contributed by atoms with E-state index in [1.807, 2.05) is 38.1 Å². The van der Waals surface area contributed by atoms with Crippen molar-refractivity contribution in [2.75, 3.05) is 10.6 Å². The van der Waals surface area contributed by atoms with Crippen molar-refractivity contribution in [3.8, 4) is 5.75 Å². The number of nitrogens with one attached hydrogen (secondary N) is 2. The first-order valence-corrected chi connectivity index (χ1v) is 8.46. The van der Waals surface area contributed by atoms with Gasteiger partial charge in [0.25, 0.3) is 5.91 Å². The Balaban J connectivity index is 2.04. The standard InChI is InChI=1S/C20H24N2O3/c1-4-18(25-17-11-6-8-14(3)12-17)20(24)22-16-10-7-9-15(13-16)21-19(23)5-2/h6-13,18H,4-5H2,1-3H3,(H,21,23)(H,22,24). The predicted octanol–water partition coefficient (Wildman–Crippen LogP) is 4.14. The first kappa shape index (κ1) is 18.5. The van der Waals surface area contributed by atoms with Gasteiger partial charge in [-0.15, -0.1) is 0 Å². The minimum Gasteiger partial charge on any atom is -0.481 e. The fourth-order valence-electron chi connectivity index (χ4n) is 2.32. The van der Waals surface area contributed by atoms with Crippen molar-refractivity contribution in [1.29, 1.82) is 0 Å². The molecule has 0 aromatic heterocycles. The lowest BCUT2D eigenvalue weighted by Crippen LogP contribution is -2.32. The Kier molecular flexibility index (Phi) is 6.57. The summed E-state index contributed by atoms with van der Waals surface area (Å²) in [6, 6.07) is 14.7. The van der Waals surface area contributed by atoms with Gasteiger partial charge in [-0.05, 0) is 49.2 Å². The molecule has 0 radical (unpaired) electrons. The van der Waals surface area contributed by atoms with E-state index in [0.717, 1.165) is 5.56 Å². The number of ether oxygens (including phenoxy) is 1. The van der Waals surface area contributed by atoms with Gasteiger partial charge in [0.05, 0.1) is 0 Å². The smallest absolute Gasteiger partial charge is 0.265 e. The molecule has 5 nitrogen and oxygen atoms in total. The molecule has 2 N–H and O–H groups in total. The number of hydrogen-bond donors (Lipinski definition) is 2. The van der Waals surface area contributed by atoms with Crippen LogP contribution in [0, 0.1) is 6.92 Å². The van der Waals surface area contributed by atoms with Gasteiger partial charge in [0.2, 0.25) is 5.91 Å². The molecule has 2 aromatic carbocycles. The molecule has 0 bridgehead atoms. The van der Waals surface area contributed by atoms with E-state index >= 15 is 0 Å². The first-order valence-electron chi connectivity index (χ1n) is 8.46. The fourth-order valence-corrected chi connectivity index (χ4v) is 2.32. The zero-order chi connectivity index (χ0) is 18.2. The number of hydrogen-bond acceptors (Lipinski definition) is 3. The van der Waals surface area contributed by atoms with Gasteiger partial charge in [-0.2, -0.15) is 0 Å². The molecule has 25 heavy (non-hydrogen) atoms. The number of benzene rings is 2. The molecule has 0 aliphatic heterocycles. The Morgan fingerprint density at radius 2 is 1.68 bits per heavy atom. The van der Waals surface area contributed by atoms with Gasteiger partial charge < -0.3 is 15.4 Å². The van der Waals surface area contributed by atoms with Crippen LogP contribution in [-0.4, -0.2) is 17.9 Å². The zero-order valence-electron chi connectivity index (χ0n) is 14.8. The summed E-state index contributed by atoms with van der Waals surface area (Å²) in [5, 5.41) is 5.62. The Bertz CT molecular complexity index is 743. The number of anilines is 2. The average Bonchev–Trinajstić information content (AvgIpc) is 2.59. The Morgan fingerprint density at radius 3 is 2.32 bits per heavy atom. The molecule has 132 valence electrons. The molecular weight excluding hydrogens is 316 g/mol. The van der Waals surface area contributed by atoms with Crippen LogP contribution in [-0.2, 0) is 9.59 Å². The van der Waals surface area contributed by atoms with Gasteiger partial charge in [0, 0.05) is 17.8 Å². The van der Waals surface area contributed by atoms with Crippen molar-refractivity contribution >= 4 is 23.2 Å². The normalized spacial score (nSPS) is 11.5. The van der Waals surface area contributed by atoms with Crippen molar-refractivity contribution < 1.29 is 14.3 Å². The van der Waals surface area contributed by atoms with Gasteiger partial charge in [0.1, 0.15) is 5.75 Å². The molecule has 2 amide bonds. The van der Waals surface area contributed by atoms with Crippen LogP contribution in [0.5, 0.6) is 5.75 Å². The molecule has 5 heteroatoms. The van der Waals surface area contributed by atoms with E-state index in [2.05, 4.69) is 10.6 Å². The lowest BCUT2D eigenvalue weighted by molar-refractivity contribution is -0.122. The van der Waals surface area contributed by atoms with E-state index in [1.54, 1.807) is 31.2 Å². The Labute approximate surface area is 148 Å². The molecule has 0 aliphatic carbocycles. The molecule has 0 spiro atoms. The first-order chi connectivity index (χ1) is 12.0. The van der Waals surface area contributed by atoms with Crippen LogP contribution in [0.2, 0.25) is 0 Å². The van der Waals surface area contributed by atoms with Crippen LogP contribution in [0.4, 0.5) is 11.4 Å². The van der Waals surface area contributed by atoms with Crippen LogP contribution in [0.25, 0.3) is 0 Å². The third-order valence-electron chi connectivity index (χ3n) is 3.67. The number of rotatable bonds is 7. The van der Waals surface area contributed by atoms with Gasteiger partial charge in [-0.3, -0.25) is 9.59 Å². The summed E-state index contributed by atoms with van der Waals surface area (Å²) in [6.07, 6.45) is 0.362. The van der Waals surface area contributed by atoms with E-state index in [1.165, 1.54) is 0 Å². The summed E-state index contributed by atoms with van der Waals surface area (Å²) in [5.74, 6) is 0.381. The third kappa shape index (κ3) is 5.64. The molecule has 1 unspecified atom stereocenters. The van der Waals surface area contributed by atoms with E-state index in [0.29, 0.717) is 30.0 Å². The van der Waals surface area contributed by atoms with Crippen LogP contribution >= 0.6 is 0 Å². The summed E-state index contributed by atoms with van der Waals surface area (Å²) in [6.45, 7) is 5.66. The molecule has 1 atom stereocenters. The van der Waals surface area contributed by atoms with Crippen molar-refractivity contribution in [2.45, 2.75) is 39.7 Å². The predicted molar refractivity (Wildman–Crippen MR) is 99.9 cm³/mol. The summed E-state index contributed by atoms with van der Waals surface area (Å²) in [5.41, 5.74) is 2.34. The van der Waals surface area contributed by atoms with Gasteiger partial charge in [-0.25, -0.2) is 0 Å². The molecule has 2 rings (SSSR count). The lowest BCUT2D eigenvalue weighted by Gasteiger charge is -2.18. The van der Waals surface area contributed by atoms with Gasteiger partial charge in [0.15, 0.2) is 6.10 Å². The highest BCUT2D eigenvalue weighted by Gasteiger charge is 2.18. The third-order valence-corrected chi connectivity index (χ3v) is 3.67. The number of aryl methyl sites for hydroxylation is 1. The molecule has 0 saturated heterocycles. The second kappa shape index (κ2) is 8.87. The highest BCUT2D eigenvalue weighted by atomic mass is 16.5. The van der Waals surface area contributed by atoms with Crippen molar-refractivity contribution in [1.82, 2.24) is 0 Å². The second-order valence-corrected chi connectivity index (χ2v) is 5.80. The average molecular weight is 340 g/mol. The van der Waals surface area contributed by atoms with E-state index in [9.17, 15) is 9.59 Å². The van der Waals surface area contributed by atoms with Crippen molar-refractivity contribution in [3.63, 3.8) is 0 Å². The maximum absolute atomic E-state index is 12.5. The molecule has 0 heterocycles. The Hall–Kier alpha value is -2.82. The van der Waals surface area contributed by atoms with Gasteiger partial charge in [-0.1, -0.05) is 32.0 Å². The van der Waals surface area contributed by atoms with E-state index in [4.69, 9.17) is 4.74 Å². The molecule has 0 fully saturated rings. The highest BCUT2D eigenvalue weighted by molar-refractivity contribution is 5.96. The molecule has 2 aromatic rings. The molecule has 0 saturated carbocycles. The summed E-state index contributed by atoms with van der Waals surface area (Å²) < 4.78 is 5.81. The fraction of sp³-hybridized carbons (Fsp3) is 0.300. The zero-order valence-corrected chi connectivity index (χ0v) is 14.8. The van der Waals surface area contributed by atoms with Crippen LogP contribution in [0.3, 0.4) is 0 Å². The topological polar surface area (TPSA) is 67.4 Å². The number of carbonyl (C=O) groups is 2. The quantitative estimate of drug-likeness (QED) is 0.796. The van der Waals surface area contributed by atoms with Crippen LogP contribution < -0.4 is 15.4 Å². The second-order valence-electron chi connectivity index (χ2n) is 5.80. The monoisotopic (exact) mass is 340 g/mol. The lowest BCUT2D eigenvalue weighted by atomic mass is 10.2. The van der Waals surface area contributed by atoms with Crippen LogP contribution in [0.15, 0.2) is 48.5 Å². The molecule has 0 aliphatic rings. The summed E-state index contributed by atoms with van der Waals surface area (Å²) in [7, 11) is 0. The number of carbonyl (C=O) groups excluding carboxylic acids is 2. The Morgan fingerprint density at radius 1 is 1.00 bits per heavy atom. The SMILES string of the molecule is CCC(=O)Nc1cccc(NC(=O)C(CC)Oc2cccc(C)c2)c1. The summed E-state index contributed by atoms with van der Waals surface area (Å²) >= 11 is 0. The van der Waals surface area contributed by atoms with Crippen molar-refractivity contribution in [2.24, 2.45) is 0 Å². The minimum absolute atomic E-state index is 0.0716. The maximum atomic E-state index is 12.5. The van der Waals surface area contributed by atoms with E-state index in [-0.39, 0.29) is 11.8 Å². The summed E-state index contributed by atoms with van der Waals surface area (Å²) in [4.78, 5) is 24.0. The van der Waals surface area contributed by atoms with Gasteiger partial charge >= 0.3 is 0 Å².